The van der Waals surface area contributed by atoms with Gasteiger partial charge in [-0.3, -0.25) is 9.59 Å². The Morgan fingerprint density at radius 3 is 2.55 bits per heavy atom. The standard InChI is InChI=1S/C14H18BrFN2O2/c1-8(2)7-11(14(20)17-3)18-13(19)9-5-4-6-10(15)12(9)16/h4-6,8,11H,7H2,1-3H3,(H,17,20)(H,18,19). The molecular weight excluding hydrogens is 327 g/mol. The van der Waals surface area contributed by atoms with Crippen LogP contribution in [0.2, 0.25) is 0 Å². The van der Waals surface area contributed by atoms with E-state index in [4.69, 9.17) is 0 Å². The number of nitrogens with one attached hydrogen (secondary N) is 2. The molecule has 0 heterocycles. The molecule has 6 heteroatoms. The molecule has 0 fully saturated rings. The van der Waals surface area contributed by atoms with Crippen molar-refractivity contribution >= 4 is 27.7 Å². The van der Waals surface area contributed by atoms with E-state index in [-0.39, 0.29) is 21.9 Å². The Kier molecular flexibility index (Phi) is 6.13. The van der Waals surface area contributed by atoms with Gasteiger partial charge < -0.3 is 10.6 Å². The van der Waals surface area contributed by atoms with Gasteiger partial charge in [-0.2, -0.15) is 0 Å². The van der Waals surface area contributed by atoms with E-state index < -0.39 is 17.8 Å². The SMILES string of the molecule is CNC(=O)C(CC(C)C)NC(=O)c1cccc(Br)c1F. The Morgan fingerprint density at radius 2 is 2.00 bits per heavy atom. The van der Waals surface area contributed by atoms with Gasteiger partial charge in [0.05, 0.1) is 10.0 Å². The van der Waals surface area contributed by atoms with E-state index in [2.05, 4.69) is 26.6 Å². The van der Waals surface area contributed by atoms with Gasteiger partial charge in [0.1, 0.15) is 11.9 Å². The van der Waals surface area contributed by atoms with Crippen molar-refractivity contribution in [1.29, 1.82) is 0 Å². The van der Waals surface area contributed by atoms with Crippen molar-refractivity contribution in [3.8, 4) is 0 Å². The molecule has 0 aliphatic carbocycles. The molecule has 1 aromatic rings. The van der Waals surface area contributed by atoms with Crippen molar-refractivity contribution < 1.29 is 14.0 Å². The average Bonchev–Trinajstić information content (AvgIpc) is 2.39. The predicted molar refractivity (Wildman–Crippen MR) is 78.9 cm³/mol. The van der Waals surface area contributed by atoms with E-state index >= 15 is 0 Å². The second-order valence-electron chi connectivity index (χ2n) is 4.87. The highest BCUT2D eigenvalue weighted by molar-refractivity contribution is 9.10. The molecule has 4 nitrogen and oxygen atoms in total. The van der Waals surface area contributed by atoms with Crippen LogP contribution >= 0.6 is 15.9 Å². The molecule has 2 N–H and O–H groups in total. The van der Waals surface area contributed by atoms with Gasteiger partial charge in [0.25, 0.3) is 5.91 Å². The minimum absolute atomic E-state index is 0.0861. The number of hydrogen-bond acceptors (Lipinski definition) is 2. The number of rotatable bonds is 5. The molecule has 0 radical (unpaired) electrons. The fourth-order valence-electron chi connectivity index (χ4n) is 1.79. The third-order valence-corrected chi connectivity index (χ3v) is 3.38. The van der Waals surface area contributed by atoms with Crippen molar-refractivity contribution in [2.24, 2.45) is 5.92 Å². The molecule has 110 valence electrons. The molecule has 0 aromatic heterocycles. The smallest absolute Gasteiger partial charge is 0.254 e. The Morgan fingerprint density at radius 1 is 1.35 bits per heavy atom. The van der Waals surface area contributed by atoms with E-state index in [0.29, 0.717) is 6.42 Å². The van der Waals surface area contributed by atoms with Crippen molar-refractivity contribution in [3.05, 3.63) is 34.1 Å². The molecule has 1 rings (SSSR count). The van der Waals surface area contributed by atoms with Crippen LogP contribution in [0.4, 0.5) is 4.39 Å². The third kappa shape index (κ3) is 4.30. The lowest BCUT2D eigenvalue weighted by Crippen LogP contribution is -2.46. The summed E-state index contributed by atoms with van der Waals surface area (Å²) in [5.74, 6) is -1.30. The molecule has 0 aliphatic rings. The molecule has 1 aromatic carbocycles. The predicted octanol–water partition coefficient (Wildman–Crippen LogP) is 2.48. The summed E-state index contributed by atoms with van der Waals surface area (Å²) < 4.78 is 14.1. The van der Waals surface area contributed by atoms with Crippen molar-refractivity contribution in [2.75, 3.05) is 7.05 Å². The van der Waals surface area contributed by atoms with Gasteiger partial charge in [0.15, 0.2) is 0 Å². The van der Waals surface area contributed by atoms with Crippen molar-refractivity contribution in [2.45, 2.75) is 26.3 Å². The first-order chi connectivity index (χ1) is 9.36. The molecule has 0 bridgehead atoms. The summed E-state index contributed by atoms with van der Waals surface area (Å²) in [6.07, 6.45) is 0.487. The second-order valence-corrected chi connectivity index (χ2v) is 5.73. The van der Waals surface area contributed by atoms with E-state index in [9.17, 15) is 14.0 Å². The normalized spacial score (nSPS) is 12.1. The van der Waals surface area contributed by atoms with Crippen LogP contribution in [0, 0.1) is 11.7 Å². The number of benzene rings is 1. The largest absolute Gasteiger partial charge is 0.357 e. The lowest BCUT2D eigenvalue weighted by molar-refractivity contribution is -0.122. The molecule has 0 saturated carbocycles. The number of amides is 2. The van der Waals surface area contributed by atoms with E-state index in [0.717, 1.165) is 0 Å². The number of carbonyl (C=O) groups is 2. The monoisotopic (exact) mass is 344 g/mol. The molecule has 0 spiro atoms. The highest BCUT2D eigenvalue weighted by Gasteiger charge is 2.23. The molecule has 20 heavy (non-hydrogen) atoms. The highest BCUT2D eigenvalue weighted by atomic mass is 79.9. The van der Waals surface area contributed by atoms with Gasteiger partial charge in [0, 0.05) is 7.05 Å². The van der Waals surface area contributed by atoms with Crippen LogP contribution in [0.15, 0.2) is 22.7 Å². The van der Waals surface area contributed by atoms with Crippen LogP contribution in [0.3, 0.4) is 0 Å². The highest BCUT2D eigenvalue weighted by Crippen LogP contribution is 2.18. The van der Waals surface area contributed by atoms with Crippen LogP contribution in [-0.4, -0.2) is 24.9 Å². The lowest BCUT2D eigenvalue weighted by Gasteiger charge is -2.19. The Labute approximate surface area is 126 Å². The first-order valence-electron chi connectivity index (χ1n) is 6.33. The fourth-order valence-corrected chi connectivity index (χ4v) is 2.16. The minimum atomic E-state index is -0.675. The molecule has 2 amide bonds. The van der Waals surface area contributed by atoms with Crippen molar-refractivity contribution in [1.82, 2.24) is 10.6 Å². The number of halogens is 2. The summed E-state index contributed by atoms with van der Waals surface area (Å²) in [5, 5.41) is 5.07. The van der Waals surface area contributed by atoms with Gasteiger partial charge >= 0.3 is 0 Å². The zero-order valence-corrected chi connectivity index (χ0v) is 13.3. The minimum Gasteiger partial charge on any atom is -0.357 e. The van der Waals surface area contributed by atoms with E-state index in [1.165, 1.54) is 19.2 Å². The molecule has 1 unspecified atom stereocenters. The maximum absolute atomic E-state index is 13.8. The van der Waals surface area contributed by atoms with Crippen LogP contribution in [0.5, 0.6) is 0 Å². The zero-order valence-electron chi connectivity index (χ0n) is 11.7. The molecule has 0 saturated heterocycles. The number of likely N-dealkylation sites (N-methyl/N-ethyl adjacent to an activating group) is 1. The maximum Gasteiger partial charge on any atom is 0.254 e. The molecular formula is C14H18BrFN2O2. The molecule has 0 aliphatic heterocycles. The second kappa shape index (κ2) is 7.38. The van der Waals surface area contributed by atoms with Gasteiger partial charge in [-0.15, -0.1) is 0 Å². The van der Waals surface area contributed by atoms with Crippen LogP contribution in [-0.2, 0) is 4.79 Å². The summed E-state index contributed by atoms with van der Waals surface area (Å²) in [6, 6.07) is 3.78. The average molecular weight is 345 g/mol. The van der Waals surface area contributed by atoms with E-state index in [1.54, 1.807) is 6.07 Å². The first kappa shape index (κ1) is 16.6. The van der Waals surface area contributed by atoms with Gasteiger partial charge in [-0.1, -0.05) is 19.9 Å². The first-order valence-corrected chi connectivity index (χ1v) is 7.12. The third-order valence-electron chi connectivity index (χ3n) is 2.77. The molecule has 1 atom stereocenters. The quantitative estimate of drug-likeness (QED) is 0.861. The van der Waals surface area contributed by atoms with Crippen LogP contribution in [0.25, 0.3) is 0 Å². The summed E-state index contributed by atoms with van der Waals surface area (Å²) in [4.78, 5) is 23.8. The maximum atomic E-state index is 13.8. The number of hydrogen-bond donors (Lipinski definition) is 2. The topological polar surface area (TPSA) is 58.2 Å². The van der Waals surface area contributed by atoms with E-state index in [1.807, 2.05) is 13.8 Å². The van der Waals surface area contributed by atoms with Crippen molar-refractivity contribution in [3.63, 3.8) is 0 Å². The summed E-state index contributed by atoms with van der Waals surface area (Å²) >= 11 is 3.03. The van der Waals surface area contributed by atoms with Crippen LogP contribution < -0.4 is 10.6 Å². The summed E-state index contributed by atoms with van der Waals surface area (Å²) in [6.45, 7) is 3.89. The Balaban J connectivity index is 2.90. The lowest BCUT2D eigenvalue weighted by atomic mass is 10.0. The Hall–Kier alpha value is -1.43. The zero-order chi connectivity index (χ0) is 15.3. The summed E-state index contributed by atoms with van der Waals surface area (Å²) in [7, 11) is 1.50. The number of carbonyl (C=O) groups excluding carboxylic acids is 2. The van der Waals surface area contributed by atoms with Crippen LogP contribution in [0.1, 0.15) is 30.6 Å². The fraction of sp³-hybridized carbons (Fsp3) is 0.429. The van der Waals surface area contributed by atoms with Gasteiger partial charge in [-0.25, -0.2) is 4.39 Å². The van der Waals surface area contributed by atoms with Gasteiger partial charge in [0.2, 0.25) is 5.91 Å². The Bertz CT molecular complexity index is 506. The summed E-state index contributed by atoms with van der Waals surface area (Å²) in [5.41, 5.74) is -0.0861. The van der Waals surface area contributed by atoms with Gasteiger partial charge in [-0.05, 0) is 40.4 Å².